The molecule has 4 unspecified atom stereocenters. The molecular formula is C17H28O2S2. The van der Waals surface area contributed by atoms with Gasteiger partial charge in [0, 0.05) is 28.8 Å². The highest BCUT2D eigenvalue weighted by Crippen LogP contribution is 2.43. The Morgan fingerprint density at radius 3 is 2.62 bits per heavy atom. The van der Waals surface area contributed by atoms with Crippen molar-refractivity contribution in [3.8, 4) is 0 Å². The second kappa shape index (κ2) is 6.84. The van der Waals surface area contributed by atoms with Crippen molar-refractivity contribution in [3.63, 3.8) is 0 Å². The molecule has 1 spiro atoms. The molecule has 2 aliphatic heterocycles. The van der Waals surface area contributed by atoms with E-state index >= 15 is 0 Å². The third-order valence-electron chi connectivity index (χ3n) is 5.53. The Balaban J connectivity index is 1.61. The zero-order chi connectivity index (χ0) is 14.9. The Morgan fingerprint density at radius 2 is 1.90 bits per heavy atom. The number of carbonyl (C=O) groups is 1. The van der Waals surface area contributed by atoms with Gasteiger partial charge in [-0.2, -0.15) is 11.8 Å². The van der Waals surface area contributed by atoms with Crippen LogP contribution in [0.25, 0.3) is 0 Å². The number of thioether (sulfide) groups is 2. The van der Waals surface area contributed by atoms with E-state index in [1.54, 1.807) is 0 Å². The van der Waals surface area contributed by atoms with Gasteiger partial charge in [-0.05, 0) is 25.7 Å². The molecule has 3 aliphatic rings. The number of ketones is 1. The van der Waals surface area contributed by atoms with Crippen LogP contribution in [0.2, 0.25) is 0 Å². The first-order valence-electron chi connectivity index (χ1n) is 8.54. The van der Waals surface area contributed by atoms with Crippen molar-refractivity contribution in [2.75, 3.05) is 12.4 Å². The van der Waals surface area contributed by atoms with Crippen LogP contribution >= 0.6 is 23.5 Å². The first kappa shape index (κ1) is 16.2. The number of rotatable bonds is 2. The van der Waals surface area contributed by atoms with Gasteiger partial charge in [0.05, 0.1) is 10.9 Å². The Hall–Kier alpha value is 0.330. The molecular weight excluding hydrogens is 300 g/mol. The van der Waals surface area contributed by atoms with E-state index in [1.807, 2.05) is 23.5 Å². The van der Waals surface area contributed by atoms with Crippen molar-refractivity contribution in [2.24, 2.45) is 5.92 Å². The molecule has 2 nitrogen and oxygen atoms in total. The van der Waals surface area contributed by atoms with Crippen molar-refractivity contribution in [2.45, 2.75) is 80.1 Å². The van der Waals surface area contributed by atoms with Crippen LogP contribution in [0.1, 0.15) is 58.8 Å². The highest BCUT2D eigenvalue weighted by Gasteiger charge is 2.43. The molecule has 21 heavy (non-hydrogen) atoms. The lowest BCUT2D eigenvalue weighted by molar-refractivity contribution is -0.142. The van der Waals surface area contributed by atoms with Crippen molar-refractivity contribution < 1.29 is 9.53 Å². The lowest BCUT2D eigenvalue weighted by atomic mass is 9.74. The van der Waals surface area contributed by atoms with E-state index in [0.717, 1.165) is 25.2 Å². The molecule has 3 fully saturated rings. The molecule has 120 valence electrons. The molecule has 1 saturated carbocycles. The summed E-state index contributed by atoms with van der Waals surface area (Å²) >= 11 is 3.90. The van der Waals surface area contributed by atoms with E-state index in [4.69, 9.17) is 4.74 Å². The highest BCUT2D eigenvalue weighted by atomic mass is 32.2. The Morgan fingerprint density at radius 1 is 1.14 bits per heavy atom. The second-order valence-electron chi connectivity index (χ2n) is 7.05. The van der Waals surface area contributed by atoms with E-state index in [-0.39, 0.29) is 16.8 Å². The molecule has 0 aromatic carbocycles. The quantitative estimate of drug-likeness (QED) is 0.754. The largest absolute Gasteiger partial charge is 0.375 e. The van der Waals surface area contributed by atoms with Crippen LogP contribution < -0.4 is 0 Å². The van der Waals surface area contributed by atoms with Crippen LogP contribution in [0.15, 0.2) is 0 Å². The summed E-state index contributed by atoms with van der Waals surface area (Å²) in [5.74, 6) is 1.80. The summed E-state index contributed by atoms with van der Waals surface area (Å²) in [5.41, 5.74) is 0.0577. The summed E-state index contributed by atoms with van der Waals surface area (Å²) in [6.07, 6.45) is 8.21. The topological polar surface area (TPSA) is 26.3 Å². The average molecular weight is 329 g/mol. The fraction of sp³-hybridized carbons (Fsp3) is 0.941. The predicted octanol–water partition coefficient (Wildman–Crippen LogP) is 4.31. The Bertz CT molecular complexity index is 373. The maximum absolute atomic E-state index is 12.9. The molecule has 3 rings (SSSR count). The number of Topliss-reactive ketones (excluding diaryl/α,β-unsaturated/α-hetero) is 1. The van der Waals surface area contributed by atoms with Gasteiger partial charge in [-0.25, -0.2) is 0 Å². The van der Waals surface area contributed by atoms with Gasteiger partial charge in [0.25, 0.3) is 0 Å². The zero-order valence-electron chi connectivity index (χ0n) is 13.3. The molecule has 0 aromatic heterocycles. The average Bonchev–Trinajstić information content (AvgIpc) is 2.50. The minimum Gasteiger partial charge on any atom is -0.375 e. The van der Waals surface area contributed by atoms with Gasteiger partial charge >= 0.3 is 0 Å². The summed E-state index contributed by atoms with van der Waals surface area (Å²) in [4.78, 5) is 12.9. The number of hydrogen-bond acceptors (Lipinski definition) is 4. The lowest BCUT2D eigenvalue weighted by Gasteiger charge is -2.44. The molecule has 0 amide bonds. The van der Waals surface area contributed by atoms with Crippen LogP contribution in [0.5, 0.6) is 0 Å². The van der Waals surface area contributed by atoms with Crippen molar-refractivity contribution in [3.05, 3.63) is 0 Å². The monoisotopic (exact) mass is 328 g/mol. The maximum Gasteiger partial charge on any atom is 0.149 e. The van der Waals surface area contributed by atoms with Crippen LogP contribution in [-0.4, -0.2) is 39.5 Å². The van der Waals surface area contributed by atoms with Gasteiger partial charge in [0.2, 0.25) is 0 Å². The third-order valence-corrected chi connectivity index (χ3v) is 8.94. The van der Waals surface area contributed by atoms with Gasteiger partial charge < -0.3 is 4.74 Å². The van der Waals surface area contributed by atoms with Crippen LogP contribution in [-0.2, 0) is 9.53 Å². The molecule has 0 aromatic rings. The summed E-state index contributed by atoms with van der Waals surface area (Å²) in [6, 6.07) is 0. The fourth-order valence-electron chi connectivity index (χ4n) is 4.01. The zero-order valence-corrected chi connectivity index (χ0v) is 14.9. The van der Waals surface area contributed by atoms with Crippen molar-refractivity contribution in [1.82, 2.24) is 0 Å². The minimum absolute atomic E-state index is 0.0577. The summed E-state index contributed by atoms with van der Waals surface area (Å²) in [6.45, 7) is 5.36. The molecule has 0 radical (unpaired) electrons. The Kier molecular flexibility index (Phi) is 5.27. The summed E-state index contributed by atoms with van der Waals surface area (Å²) in [5, 5.41) is 1.50. The van der Waals surface area contributed by atoms with Gasteiger partial charge in [-0.15, -0.1) is 11.8 Å². The first-order valence-corrected chi connectivity index (χ1v) is 10.5. The molecule has 2 saturated heterocycles. The van der Waals surface area contributed by atoms with E-state index in [2.05, 4.69) is 13.8 Å². The molecule has 1 aliphatic carbocycles. The fourth-order valence-corrected chi connectivity index (χ4v) is 6.97. The number of carbonyl (C=O) groups excluding carboxylic acids is 1. The van der Waals surface area contributed by atoms with Gasteiger partial charge in [0.15, 0.2) is 0 Å². The van der Waals surface area contributed by atoms with Gasteiger partial charge in [-0.1, -0.05) is 33.1 Å². The van der Waals surface area contributed by atoms with Gasteiger partial charge in [0.1, 0.15) is 5.78 Å². The summed E-state index contributed by atoms with van der Waals surface area (Å²) < 4.78 is 6.15. The van der Waals surface area contributed by atoms with E-state index in [1.165, 1.54) is 32.1 Å². The molecule has 0 bridgehead atoms. The van der Waals surface area contributed by atoms with Crippen LogP contribution in [0.4, 0.5) is 0 Å². The maximum atomic E-state index is 12.9. The van der Waals surface area contributed by atoms with Crippen molar-refractivity contribution >= 4 is 29.3 Å². The molecule has 0 N–H and O–H groups in total. The van der Waals surface area contributed by atoms with E-state index in [9.17, 15) is 4.79 Å². The summed E-state index contributed by atoms with van der Waals surface area (Å²) in [7, 11) is 0. The lowest BCUT2D eigenvalue weighted by Crippen LogP contribution is -2.46. The number of hydrogen-bond donors (Lipinski definition) is 0. The Labute approximate surface area is 137 Å². The number of ether oxygens (including phenoxy) is 1. The normalized spacial score (nSPS) is 40.1. The molecule has 2 heterocycles. The van der Waals surface area contributed by atoms with E-state index < -0.39 is 0 Å². The third kappa shape index (κ3) is 3.64. The SMILES string of the molecule is CC1SCC(C(=O)C2CCOC3(CCCCC3)C2)SC1C. The van der Waals surface area contributed by atoms with Gasteiger partial charge in [-0.3, -0.25) is 4.79 Å². The van der Waals surface area contributed by atoms with Crippen LogP contribution in [0.3, 0.4) is 0 Å². The highest BCUT2D eigenvalue weighted by molar-refractivity contribution is 8.08. The first-order chi connectivity index (χ1) is 10.1. The predicted molar refractivity (Wildman–Crippen MR) is 92.3 cm³/mol. The molecule has 4 heteroatoms. The standard InChI is InChI=1S/C17H28O2S2/c1-12-13(2)21-15(11-20-12)16(18)14-6-9-19-17(10-14)7-4-3-5-8-17/h12-15H,3-11H2,1-2H3. The van der Waals surface area contributed by atoms with Crippen molar-refractivity contribution in [1.29, 1.82) is 0 Å². The smallest absolute Gasteiger partial charge is 0.149 e. The van der Waals surface area contributed by atoms with Crippen LogP contribution in [0, 0.1) is 5.92 Å². The molecule has 4 atom stereocenters. The second-order valence-corrected chi connectivity index (χ2v) is 10.0. The minimum atomic E-state index is 0.0577. The van der Waals surface area contributed by atoms with E-state index in [0.29, 0.717) is 16.3 Å².